The highest BCUT2D eigenvalue weighted by Gasteiger charge is 2.08. The summed E-state index contributed by atoms with van der Waals surface area (Å²) in [5.74, 6) is -0.208. The van der Waals surface area contributed by atoms with Crippen LogP contribution < -0.4 is 5.32 Å². The Labute approximate surface area is 103 Å². The molecule has 1 rings (SSSR count). The van der Waals surface area contributed by atoms with Gasteiger partial charge in [0.1, 0.15) is 5.82 Å². The number of halogens is 1. The molecule has 0 fully saturated rings. The molecule has 0 radical (unpaired) electrons. The third kappa shape index (κ3) is 4.71. The number of methoxy groups -OCH3 is 1. The van der Waals surface area contributed by atoms with Gasteiger partial charge in [0.15, 0.2) is 0 Å². The summed E-state index contributed by atoms with van der Waals surface area (Å²) >= 11 is 0. The Hall–Kier alpha value is -1.13. The number of hydrogen-bond acceptors (Lipinski definition) is 3. The number of rotatable bonds is 7. The van der Waals surface area contributed by atoms with Gasteiger partial charge in [0.25, 0.3) is 0 Å². The van der Waals surface area contributed by atoms with E-state index in [0.717, 1.165) is 6.54 Å². The average molecular weight is 240 g/mol. The van der Waals surface area contributed by atoms with Crippen molar-refractivity contribution >= 4 is 5.69 Å². The number of nitrogens with zero attached hydrogens (tertiary/aromatic N) is 1. The van der Waals surface area contributed by atoms with Gasteiger partial charge in [-0.05, 0) is 26.1 Å². The van der Waals surface area contributed by atoms with Crippen LogP contribution in [0.15, 0.2) is 24.3 Å². The molecule has 0 saturated carbocycles. The van der Waals surface area contributed by atoms with Crippen LogP contribution in [0, 0.1) is 5.82 Å². The fourth-order valence-electron chi connectivity index (χ4n) is 1.56. The standard InChI is InChI=1S/C13H21FN2O/c1-11(10-17-3)16(2)9-8-15-13-7-5-4-6-12(13)14/h4-7,11,15H,8-10H2,1-3H3. The van der Waals surface area contributed by atoms with Crippen molar-refractivity contribution in [2.75, 3.05) is 39.2 Å². The first-order valence-corrected chi connectivity index (χ1v) is 5.82. The van der Waals surface area contributed by atoms with Crippen LogP contribution in [0.1, 0.15) is 6.92 Å². The third-order valence-electron chi connectivity index (χ3n) is 2.81. The van der Waals surface area contributed by atoms with Crippen LogP contribution in [-0.2, 0) is 4.74 Å². The number of hydrogen-bond donors (Lipinski definition) is 1. The Morgan fingerprint density at radius 1 is 1.41 bits per heavy atom. The zero-order valence-electron chi connectivity index (χ0n) is 10.7. The summed E-state index contributed by atoms with van der Waals surface area (Å²) in [5, 5.41) is 3.08. The predicted molar refractivity (Wildman–Crippen MR) is 68.9 cm³/mol. The lowest BCUT2D eigenvalue weighted by atomic mass is 10.3. The van der Waals surface area contributed by atoms with Gasteiger partial charge in [-0.3, -0.25) is 4.90 Å². The van der Waals surface area contributed by atoms with Crippen LogP contribution in [-0.4, -0.2) is 44.8 Å². The molecular weight excluding hydrogens is 219 g/mol. The molecule has 0 bridgehead atoms. The zero-order valence-corrected chi connectivity index (χ0v) is 10.7. The topological polar surface area (TPSA) is 24.5 Å². The lowest BCUT2D eigenvalue weighted by Crippen LogP contribution is -2.36. The predicted octanol–water partition coefficient (Wildman–Crippen LogP) is 2.20. The van der Waals surface area contributed by atoms with Crippen molar-refractivity contribution in [2.24, 2.45) is 0 Å². The smallest absolute Gasteiger partial charge is 0.146 e. The summed E-state index contributed by atoms with van der Waals surface area (Å²) in [5.41, 5.74) is 0.556. The first-order valence-electron chi connectivity index (χ1n) is 5.82. The van der Waals surface area contributed by atoms with E-state index in [1.54, 1.807) is 19.2 Å². The number of nitrogens with one attached hydrogen (secondary N) is 1. The SMILES string of the molecule is COCC(C)N(C)CCNc1ccccc1F. The molecule has 1 atom stereocenters. The first kappa shape index (κ1) is 13.9. The molecule has 0 aromatic heterocycles. The maximum Gasteiger partial charge on any atom is 0.146 e. The molecule has 0 heterocycles. The van der Waals surface area contributed by atoms with Crippen molar-refractivity contribution in [3.63, 3.8) is 0 Å². The van der Waals surface area contributed by atoms with Gasteiger partial charge in [-0.15, -0.1) is 0 Å². The maximum absolute atomic E-state index is 13.3. The minimum absolute atomic E-state index is 0.208. The third-order valence-corrected chi connectivity index (χ3v) is 2.81. The van der Waals surface area contributed by atoms with E-state index in [2.05, 4.69) is 17.1 Å². The van der Waals surface area contributed by atoms with Crippen LogP contribution >= 0.6 is 0 Å². The number of para-hydroxylation sites is 1. The summed E-state index contributed by atoms with van der Waals surface area (Å²) in [7, 11) is 3.73. The van der Waals surface area contributed by atoms with Gasteiger partial charge in [0, 0.05) is 26.2 Å². The van der Waals surface area contributed by atoms with E-state index < -0.39 is 0 Å². The second-order valence-electron chi connectivity index (χ2n) is 4.19. The summed E-state index contributed by atoms with van der Waals surface area (Å²) in [6.45, 7) is 4.37. The van der Waals surface area contributed by atoms with Crippen molar-refractivity contribution < 1.29 is 9.13 Å². The van der Waals surface area contributed by atoms with Crippen molar-refractivity contribution in [2.45, 2.75) is 13.0 Å². The van der Waals surface area contributed by atoms with Gasteiger partial charge in [0.05, 0.1) is 12.3 Å². The molecule has 0 saturated heterocycles. The second kappa shape index (κ2) is 7.25. The van der Waals surface area contributed by atoms with Crippen molar-refractivity contribution in [1.29, 1.82) is 0 Å². The van der Waals surface area contributed by atoms with Crippen molar-refractivity contribution in [3.8, 4) is 0 Å². The molecule has 3 nitrogen and oxygen atoms in total. The van der Waals surface area contributed by atoms with Crippen molar-refractivity contribution in [3.05, 3.63) is 30.1 Å². The summed E-state index contributed by atoms with van der Waals surface area (Å²) in [4.78, 5) is 2.18. The lowest BCUT2D eigenvalue weighted by molar-refractivity contribution is 0.118. The van der Waals surface area contributed by atoms with E-state index in [9.17, 15) is 4.39 Å². The highest BCUT2D eigenvalue weighted by atomic mass is 19.1. The molecule has 0 aliphatic carbocycles. The molecule has 0 amide bonds. The minimum Gasteiger partial charge on any atom is -0.383 e. The molecule has 1 aromatic carbocycles. The monoisotopic (exact) mass is 240 g/mol. The molecule has 1 unspecified atom stereocenters. The van der Waals surface area contributed by atoms with Gasteiger partial charge >= 0.3 is 0 Å². The molecule has 0 aliphatic heterocycles. The largest absolute Gasteiger partial charge is 0.383 e. The molecule has 0 spiro atoms. The molecule has 4 heteroatoms. The van der Waals surface area contributed by atoms with Crippen LogP contribution in [0.3, 0.4) is 0 Å². The summed E-state index contributed by atoms with van der Waals surface area (Å²) in [6, 6.07) is 7.08. The van der Waals surface area contributed by atoms with E-state index in [1.807, 2.05) is 13.1 Å². The summed E-state index contributed by atoms with van der Waals surface area (Å²) < 4.78 is 18.4. The first-order chi connectivity index (χ1) is 8.15. The Balaban J connectivity index is 2.30. The number of benzene rings is 1. The van der Waals surface area contributed by atoms with Crippen molar-refractivity contribution in [1.82, 2.24) is 4.90 Å². The van der Waals surface area contributed by atoms with E-state index in [1.165, 1.54) is 6.07 Å². The Morgan fingerprint density at radius 2 is 2.12 bits per heavy atom. The van der Waals surface area contributed by atoms with Gasteiger partial charge in [-0.25, -0.2) is 4.39 Å². The van der Waals surface area contributed by atoms with Crippen LogP contribution in [0.5, 0.6) is 0 Å². The maximum atomic E-state index is 13.3. The second-order valence-corrected chi connectivity index (χ2v) is 4.19. The van der Waals surface area contributed by atoms with E-state index in [-0.39, 0.29) is 5.82 Å². The highest BCUT2D eigenvalue weighted by molar-refractivity contribution is 5.44. The van der Waals surface area contributed by atoms with Gasteiger partial charge in [-0.1, -0.05) is 12.1 Å². The quantitative estimate of drug-likeness (QED) is 0.790. The number of likely N-dealkylation sites (N-methyl/N-ethyl adjacent to an activating group) is 1. The normalized spacial score (nSPS) is 12.8. The minimum atomic E-state index is -0.208. The Kier molecular flexibility index (Phi) is 5.94. The molecule has 17 heavy (non-hydrogen) atoms. The molecule has 96 valence electrons. The Bertz CT molecular complexity index is 333. The molecule has 0 aliphatic rings. The Morgan fingerprint density at radius 3 is 2.76 bits per heavy atom. The highest BCUT2D eigenvalue weighted by Crippen LogP contribution is 2.11. The summed E-state index contributed by atoms with van der Waals surface area (Å²) in [6.07, 6.45) is 0. The van der Waals surface area contributed by atoms with Gasteiger partial charge < -0.3 is 10.1 Å². The molecular formula is C13H21FN2O. The van der Waals surface area contributed by atoms with Gasteiger partial charge in [0.2, 0.25) is 0 Å². The zero-order chi connectivity index (χ0) is 12.7. The van der Waals surface area contributed by atoms with Crippen LogP contribution in [0.4, 0.5) is 10.1 Å². The van der Waals surface area contributed by atoms with E-state index in [0.29, 0.717) is 24.9 Å². The van der Waals surface area contributed by atoms with Crippen LogP contribution in [0.2, 0.25) is 0 Å². The lowest BCUT2D eigenvalue weighted by Gasteiger charge is -2.24. The van der Waals surface area contributed by atoms with E-state index in [4.69, 9.17) is 4.74 Å². The van der Waals surface area contributed by atoms with Crippen LogP contribution in [0.25, 0.3) is 0 Å². The molecule has 1 aromatic rings. The van der Waals surface area contributed by atoms with E-state index >= 15 is 0 Å². The molecule has 1 N–H and O–H groups in total. The number of ether oxygens (including phenoxy) is 1. The van der Waals surface area contributed by atoms with Gasteiger partial charge in [-0.2, -0.15) is 0 Å². The average Bonchev–Trinajstić information content (AvgIpc) is 2.31. The fourth-order valence-corrected chi connectivity index (χ4v) is 1.56. The number of anilines is 1. The fraction of sp³-hybridized carbons (Fsp3) is 0.538.